The van der Waals surface area contributed by atoms with Crippen molar-refractivity contribution in [3.63, 3.8) is 0 Å². The lowest BCUT2D eigenvalue weighted by molar-refractivity contribution is 0.0949. The van der Waals surface area contributed by atoms with E-state index in [2.05, 4.69) is 15.5 Å². The molecule has 0 spiro atoms. The lowest BCUT2D eigenvalue weighted by Gasteiger charge is -2.01. The third kappa shape index (κ3) is 2.58. The molecule has 2 aromatic rings. The van der Waals surface area contributed by atoms with Gasteiger partial charge < -0.3 is 5.32 Å². The van der Waals surface area contributed by atoms with Crippen molar-refractivity contribution in [3.8, 4) is 0 Å². The van der Waals surface area contributed by atoms with Crippen LogP contribution < -0.4 is 5.32 Å². The number of nitrogens with zero attached hydrogens (tertiary/aromatic N) is 4. The summed E-state index contributed by atoms with van der Waals surface area (Å²) in [5.41, 5.74) is 2.19. The molecule has 6 nitrogen and oxygen atoms in total. The number of hydrogen-bond acceptors (Lipinski definition) is 3. The summed E-state index contributed by atoms with van der Waals surface area (Å²) in [6.45, 7) is 5.10. The quantitative estimate of drug-likeness (QED) is 0.872. The van der Waals surface area contributed by atoms with Crippen molar-refractivity contribution in [3.05, 3.63) is 35.4 Å². The second-order valence-corrected chi connectivity index (χ2v) is 4.15. The van der Waals surface area contributed by atoms with Crippen LogP contribution in [0.4, 0.5) is 0 Å². The maximum absolute atomic E-state index is 11.9. The molecule has 0 saturated heterocycles. The minimum atomic E-state index is -0.119. The summed E-state index contributed by atoms with van der Waals surface area (Å²) in [7, 11) is 1.80. The van der Waals surface area contributed by atoms with Crippen molar-refractivity contribution < 1.29 is 4.79 Å². The van der Waals surface area contributed by atoms with Gasteiger partial charge in [0.05, 0.1) is 23.5 Å². The lowest BCUT2D eigenvalue weighted by atomic mass is 10.2. The van der Waals surface area contributed by atoms with E-state index in [4.69, 9.17) is 0 Å². The van der Waals surface area contributed by atoms with Gasteiger partial charge in [-0.15, -0.1) is 0 Å². The van der Waals surface area contributed by atoms with Crippen LogP contribution in [0, 0.1) is 6.92 Å². The minimum absolute atomic E-state index is 0.119. The van der Waals surface area contributed by atoms with Gasteiger partial charge in [-0.05, 0) is 19.9 Å². The SMILES string of the molecule is CCn1ccc(CNC(=O)c2cn(C)nc2C)n1. The summed E-state index contributed by atoms with van der Waals surface area (Å²) in [5.74, 6) is -0.119. The smallest absolute Gasteiger partial charge is 0.255 e. The van der Waals surface area contributed by atoms with Crippen molar-refractivity contribution in [2.45, 2.75) is 26.9 Å². The summed E-state index contributed by atoms with van der Waals surface area (Å²) in [5, 5.41) is 11.3. The molecule has 2 heterocycles. The molecule has 0 bridgehead atoms. The molecule has 0 aliphatic rings. The van der Waals surface area contributed by atoms with Crippen LogP contribution in [0.5, 0.6) is 0 Å². The fourth-order valence-electron chi connectivity index (χ4n) is 1.76. The molecular formula is C12H17N5O. The first kappa shape index (κ1) is 12.3. The molecule has 6 heteroatoms. The number of amides is 1. The van der Waals surface area contributed by atoms with E-state index in [-0.39, 0.29) is 5.91 Å². The Morgan fingerprint density at radius 3 is 2.78 bits per heavy atom. The normalized spacial score (nSPS) is 10.6. The molecule has 0 radical (unpaired) electrons. The van der Waals surface area contributed by atoms with Crippen LogP contribution in [0.15, 0.2) is 18.5 Å². The van der Waals surface area contributed by atoms with Crippen molar-refractivity contribution in [2.75, 3.05) is 0 Å². The predicted octanol–water partition coefficient (Wildman–Crippen LogP) is 0.875. The zero-order valence-corrected chi connectivity index (χ0v) is 10.8. The molecule has 1 N–H and O–H groups in total. The van der Waals surface area contributed by atoms with Crippen LogP contribution >= 0.6 is 0 Å². The number of aryl methyl sites for hydroxylation is 3. The Morgan fingerprint density at radius 1 is 1.44 bits per heavy atom. The number of aromatic nitrogens is 4. The van der Waals surface area contributed by atoms with Crippen molar-refractivity contribution in [1.29, 1.82) is 0 Å². The van der Waals surface area contributed by atoms with E-state index in [1.54, 1.807) is 17.9 Å². The Labute approximate surface area is 106 Å². The number of carbonyl (C=O) groups excluding carboxylic acids is 1. The average molecular weight is 247 g/mol. The summed E-state index contributed by atoms with van der Waals surface area (Å²) in [4.78, 5) is 11.9. The Morgan fingerprint density at radius 2 is 2.22 bits per heavy atom. The Hall–Kier alpha value is -2.11. The number of hydrogen-bond donors (Lipinski definition) is 1. The van der Waals surface area contributed by atoms with Crippen molar-refractivity contribution in [2.24, 2.45) is 7.05 Å². The Kier molecular flexibility index (Phi) is 3.45. The fourth-order valence-corrected chi connectivity index (χ4v) is 1.76. The molecule has 1 amide bonds. The van der Waals surface area contributed by atoms with Crippen LogP contribution in [0.1, 0.15) is 28.7 Å². The molecule has 0 aliphatic heterocycles. The number of carbonyl (C=O) groups is 1. The van der Waals surface area contributed by atoms with Crippen molar-refractivity contribution in [1.82, 2.24) is 24.9 Å². The van der Waals surface area contributed by atoms with E-state index in [0.29, 0.717) is 12.1 Å². The second kappa shape index (κ2) is 5.03. The molecule has 0 saturated carbocycles. The van der Waals surface area contributed by atoms with Gasteiger partial charge in [-0.3, -0.25) is 14.2 Å². The lowest BCUT2D eigenvalue weighted by Crippen LogP contribution is -2.23. The summed E-state index contributed by atoms with van der Waals surface area (Å²) in [6, 6.07) is 1.90. The zero-order valence-electron chi connectivity index (χ0n) is 10.8. The third-order valence-electron chi connectivity index (χ3n) is 2.71. The van der Waals surface area contributed by atoms with E-state index >= 15 is 0 Å². The molecule has 2 rings (SSSR count). The highest BCUT2D eigenvalue weighted by molar-refractivity contribution is 5.94. The van der Waals surface area contributed by atoms with E-state index in [1.165, 1.54) is 0 Å². The molecule has 0 fully saturated rings. The molecule has 96 valence electrons. The van der Waals surface area contributed by atoms with Gasteiger partial charge >= 0.3 is 0 Å². The molecule has 0 aromatic carbocycles. The molecule has 18 heavy (non-hydrogen) atoms. The highest BCUT2D eigenvalue weighted by Crippen LogP contribution is 2.04. The summed E-state index contributed by atoms with van der Waals surface area (Å²) in [6.07, 6.45) is 3.62. The van der Waals surface area contributed by atoms with E-state index < -0.39 is 0 Å². The van der Waals surface area contributed by atoms with Crippen LogP contribution in [0.3, 0.4) is 0 Å². The standard InChI is InChI=1S/C12H17N5O/c1-4-17-6-5-10(15-17)7-13-12(18)11-8-16(3)14-9(11)2/h5-6,8H,4,7H2,1-3H3,(H,13,18). The van der Waals surface area contributed by atoms with Crippen LogP contribution in [-0.2, 0) is 20.1 Å². The average Bonchev–Trinajstić information content (AvgIpc) is 2.92. The van der Waals surface area contributed by atoms with E-state index in [9.17, 15) is 4.79 Å². The number of nitrogens with one attached hydrogen (secondary N) is 1. The molecule has 0 atom stereocenters. The first-order chi connectivity index (χ1) is 8.60. The third-order valence-corrected chi connectivity index (χ3v) is 2.71. The summed E-state index contributed by atoms with van der Waals surface area (Å²) < 4.78 is 3.47. The molecule has 0 aliphatic carbocycles. The van der Waals surface area contributed by atoms with Gasteiger partial charge in [0.15, 0.2) is 0 Å². The number of rotatable bonds is 4. The first-order valence-electron chi connectivity index (χ1n) is 5.91. The van der Waals surface area contributed by atoms with Gasteiger partial charge in [-0.2, -0.15) is 10.2 Å². The fraction of sp³-hybridized carbons (Fsp3) is 0.417. The van der Waals surface area contributed by atoms with Crippen LogP contribution in [0.2, 0.25) is 0 Å². The predicted molar refractivity (Wildman–Crippen MR) is 67.0 cm³/mol. The second-order valence-electron chi connectivity index (χ2n) is 4.15. The molecular weight excluding hydrogens is 230 g/mol. The summed E-state index contributed by atoms with van der Waals surface area (Å²) >= 11 is 0. The van der Waals surface area contributed by atoms with Gasteiger partial charge in [-0.1, -0.05) is 0 Å². The van der Waals surface area contributed by atoms with E-state index in [0.717, 1.165) is 17.9 Å². The molecule has 2 aromatic heterocycles. The highest BCUT2D eigenvalue weighted by Gasteiger charge is 2.12. The van der Waals surface area contributed by atoms with Gasteiger partial charge in [0.2, 0.25) is 0 Å². The highest BCUT2D eigenvalue weighted by atomic mass is 16.1. The van der Waals surface area contributed by atoms with Gasteiger partial charge in [0.1, 0.15) is 0 Å². The first-order valence-corrected chi connectivity index (χ1v) is 5.91. The maximum atomic E-state index is 11.9. The zero-order chi connectivity index (χ0) is 13.1. The Bertz CT molecular complexity index is 555. The minimum Gasteiger partial charge on any atom is -0.346 e. The van der Waals surface area contributed by atoms with Crippen LogP contribution in [0.25, 0.3) is 0 Å². The van der Waals surface area contributed by atoms with E-state index in [1.807, 2.05) is 30.8 Å². The van der Waals surface area contributed by atoms with Gasteiger partial charge in [0, 0.05) is 26.0 Å². The molecule has 0 unspecified atom stereocenters. The Balaban J connectivity index is 1.98. The van der Waals surface area contributed by atoms with Crippen molar-refractivity contribution >= 4 is 5.91 Å². The van der Waals surface area contributed by atoms with Gasteiger partial charge in [-0.25, -0.2) is 0 Å². The largest absolute Gasteiger partial charge is 0.346 e. The maximum Gasteiger partial charge on any atom is 0.255 e. The van der Waals surface area contributed by atoms with Crippen LogP contribution in [-0.4, -0.2) is 25.5 Å². The van der Waals surface area contributed by atoms with Gasteiger partial charge in [0.25, 0.3) is 5.91 Å². The topological polar surface area (TPSA) is 64.7 Å². The monoisotopic (exact) mass is 247 g/mol.